The Bertz CT molecular complexity index is 942. The van der Waals surface area contributed by atoms with E-state index in [1.54, 1.807) is 19.2 Å². The summed E-state index contributed by atoms with van der Waals surface area (Å²) in [6.07, 6.45) is 2.11. The largest absolute Gasteiger partial charge is 0.478 e. The number of benzene rings is 1. The van der Waals surface area contributed by atoms with Gasteiger partial charge in [0.2, 0.25) is 0 Å². The normalized spacial score (nSPS) is 11.0. The molecule has 24 heavy (non-hydrogen) atoms. The molecule has 0 saturated carbocycles. The summed E-state index contributed by atoms with van der Waals surface area (Å²) in [6.45, 7) is 1.72. The second kappa shape index (κ2) is 6.75. The lowest BCUT2D eigenvalue weighted by Crippen LogP contribution is -2.07. The van der Waals surface area contributed by atoms with Gasteiger partial charge in [0, 0.05) is 23.7 Å². The molecule has 0 aliphatic carbocycles. The number of hydrogen-bond acceptors (Lipinski definition) is 3. The number of carbonyl (C=O) groups is 1. The van der Waals surface area contributed by atoms with Crippen molar-refractivity contribution >= 4 is 40.1 Å². The second-order valence-electron chi connectivity index (χ2n) is 5.53. The number of pyridine rings is 2. The lowest BCUT2D eigenvalue weighted by atomic mass is 10.0. The Kier molecular flexibility index (Phi) is 4.69. The highest BCUT2D eigenvalue weighted by atomic mass is 35.5. The molecule has 122 valence electrons. The average Bonchev–Trinajstić information content (AvgIpc) is 2.55. The van der Waals surface area contributed by atoms with E-state index < -0.39 is 5.97 Å². The third-order valence-corrected chi connectivity index (χ3v) is 4.34. The summed E-state index contributed by atoms with van der Waals surface area (Å²) in [7, 11) is 0. The van der Waals surface area contributed by atoms with Crippen LogP contribution in [-0.4, -0.2) is 21.0 Å². The number of aromatic carboxylic acids is 1. The fraction of sp³-hybridized carbons (Fsp3) is 0.167. The maximum Gasteiger partial charge on any atom is 0.336 e. The van der Waals surface area contributed by atoms with E-state index in [2.05, 4.69) is 9.97 Å². The Morgan fingerprint density at radius 1 is 1.25 bits per heavy atom. The molecule has 0 unspecified atom stereocenters. The molecule has 6 heteroatoms. The quantitative estimate of drug-likeness (QED) is 0.689. The topological polar surface area (TPSA) is 63.1 Å². The van der Waals surface area contributed by atoms with Gasteiger partial charge in [0.1, 0.15) is 0 Å². The number of carboxylic acids is 1. The van der Waals surface area contributed by atoms with Crippen molar-refractivity contribution in [3.63, 3.8) is 0 Å². The van der Waals surface area contributed by atoms with Gasteiger partial charge in [0.15, 0.2) is 0 Å². The molecule has 2 aromatic heterocycles. The van der Waals surface area contributed by atoms with Gasteiger partial charge in [-0.3, -0.25) is 9.97 Å². The zero-order valence-electron chi connectivity index (χ0n) is 12.9. The minimum absolute atomic E-state index is 0.178. The van der Waals surface area contributed by atoms with E-state index in [9.17, 15) is 9.90 Å². The van der Waals surface area contributed by atoms with Crippen LogP contribution in [0.15, 0.2) is 36.5 Å². The van der Waals surface area contributed by atoms with E-state index in [0.29, 0.717) is 28.4 Å². The molecule has 3 aromatic rings. The van der Waals surface area contributed by atoms with E-state index in [0.717, 1.165) is 16.5 Å². The second-order valence-corrected chi connectivity index (χ2v) is 6.23. The number of aromatic nitrogens is 2. The van der Waals surface area contributed by atoms with Crippen LogP contribution in [0.2, 0.25) is 5.02 Å². The summed E-state index contributed by atoms with van der Waals surface area (Å²) in [5, 5.41) is 10.9. The predicted octanol–water partition coefficient (Wildman–Crippen LogP) is 4.62. The highest BCUT2D eigenvalue weighted by molar-refractivity contribution is 6.31. The summed E-state index contributed by atoms with van der Waals surface area (Å²) >= 11 is 11.9. The SMILES string of the molecule is Cc1c(C(=O)O)cc(Cc2ccc3ncc(Cl)cc3c2)nc1CCl. The number of carboxylic acid groups (broad SMARTS) is 1. The van der Waals surface area contributed by atoms with Crippen LogP contribution in [0.5, 0.6) is 0 Å². The number of rotatable bonds is 4. The summed E-state index contributed by atoms with van der Waals surface area (Å²) < 4.78 is 0. The molecule has 0 saturated heterocycles. The first-order valence-corrected chi connectivity index (χ1v) is 8.22. The van der Waals surface area contributed by atoms with Crippen LogP contribution in [0.4, 0.5) is 0 Å². The predicted molar refractivity (Wildman–Crippen MR) is 95.0 cm³/mol. The first-order valence-electron chi connectivity index (χ1n) is 7.31. The van der Waals surface area contributed by atoms with Crippen molar-refractivity contribution in [2.45, 2.75) is 19.2 Å². The lowest BCUT2D eigenvalue weighted by molar-refractivity contribution is 0.0695. The van der Waals surface area contributed by atoms with Crippen LogP contribution in [0.3, 0.4) is 0 Å². The molecule has 1 aromatic carbocycles. The van der Waals surface area contributed by atoms with Gasteiger partial charge in [0.25, 0.3) is 0 Å². The van der Waals surface area contributed by atoms with Gasteiger partial charge in [0.05, 0.1) is 27.7 Å². The highest BCUT2D eigenvalue weighted by Crippen LogP contribution is 2.21. The van der Waals surface area contributed by atoms with Crippen molar-refractivity contribution in [2.24, 2.45) is 0 Å². The molecule has 1 N–H and O–H groups in total. The maximum absolute atomic E-state index is 11.4. The van der Waals surface area contributed by atoms with Crippen molar-refractivity contribution < 1.29 is 9.90 Å². The highest BCUT2D eigenvalue weighted by Gasteiger charge is 2.14. The van der Waals surface area contributed by atoms with Crippen molar-refractivity contribution in [1.82, 2.24) is 9.97 Å². The van der Waals surface area contributed by atoms with Crippen molar-refractivity contribution in [1.29, 1.82) is 0 Å². The van der Waals surface area contributed by atoms with Crippen LogP contribution < -0.4 is 0 Å². The molecule has 0 fully saturated rings. The molecule has 0 aliphatic rings. The van der Waals surface area contributed by atoms with Gasteiger partial charge in [-0.2, -0.15) is 0 Å². The molecule has 0 atom stereocenters. The van der Waals surface area contributed by atoms with Crippen molar-refractivity contribution in [2.75, 3.05) is 0 Å². The zero-order valence-corrected chi connectivity index (χ0v) is 14.4. The van der Waals surface area contributed by atoms with Gasteiger partial charge in [-0.15, -0.1) is 11.6 Å². The van der Waals surface area contributed by atoms with E-state index in [4.69, 9.17) is 23.2 Å². The molecule has 2 heterocycles. The van der Waals surface area contributed by atoms with Crippen LogP contribution in [0, 0.1) is 6.92 Å². The Balaban J connectivity index is 2.01. The van der Waals surface area contributed by atoms with E-state index in [1.165, 1.54) is 0 Å². The monoisotopic (exact) mass is 360 g/mol. The standard InChI is InChI=1S/C18H14Cl2N2O2/c1-10-15(18(23)24)7-14(22-17(10)8-19)5-11-2-3-16-12(4-11)6-13(20)9-21-16/h2-4,6-7,9H,5,8H2,1H3,(H,23,24). The number of nitrogens with zero attached hydrogens (tertiary/aromatic N) is 2. The molecular weight excluding hydrogens is 347 g/mol. The Hall–Kier alpha value is -2.17. The van der Waals surface area contributed by atoms with Crippen LogP contribution in [-0.2, 0) is 12.3 Å². The van der Waals surface area contributed by atoms with Crippen LogP contribution >= 0.6 is 23.2 Å². The first-order chi connectivity index (χ1) is 11.5. The smallest absolute Gasteiger partial charge is 0.336 e. The number of hydrogen-bond donors (Lipinski definition) is 1. The molecule has 4 nitrogen and oxygen atoms in total. The molecule has 0 bridgehead atoms. The third-order valence-electron chi connectivity index (χ3n) is 3.88. The summed E-state index contributed by atoms with van der Waals surface area (Å²) in [5.41, 5.74) is 3.96. The van der Waals surface area contributed by atoms with Crippen LogP contribution in [0.25, 0.3) is 10.9 Å². The Morgan fingerprint density at radius 3 is 2.75 bits per heavy atom. The van der Waals surface area contributed by atoms with Crippen LogP contribution in [0.1, 0.15) is 32.9 Å². The molecule has 0 radical (unpaired) electrons. The molecule has 3 rings (SSSR count). The number of alkyl halides is 1. The lowest BCUT2D eigenvalue weighted by Gasteiger charge is -2.10. The number of halogens is 2. The van der Waals surface area contributed by atoms with E-state index >= 15 is 0 Å². The van der Waals surface area contributed by atoms with Gasteiger partial charge < -0.3 is 5.11 Å². The fourth-order valence-corrected chi connectivity index (χ4v) is 3.06. The fourth-order valence-electron chi connectivity index (χ4n) is 2.64. The average molecular weight is 361 g/mol. The first kappa shape index (κ1) is 16.7. The van der Waals surface area contributed by atoms with E-state index in [1.807, 2.05) is 24.3 Å². The summed E-state index contributed by atoms with van der Waals surface area (Å²) in [4.78, 5) is 20.2. The molecule has 0 amide bonds. The minimum Gasteiger partial charge on any atom is -0.478 e. The van der Waals surface area contributed by atoms with Gasteiger partial charge in [-0.05, 0) is 42.3 Å². The maximum atomic E-state index is 11.4. The third kappa shape index (κ3) is 3.35. The Labute approximate surface area is 149 Å². The number of fused-ring (bicyclic) bond motifs is 1. The van der Waals surface area contributed by atoms with Gasteiger partial charge >= 0.3 is 5.97 Å². The van der Waals surface area contributed by atoms with Crippen molar-refractivity contribution in [3.8, 4) is 0 Å². The van der Waals surface area contributed by atoms with Crippen molar-refractivity contribution in [3.05, 3.63) is 69.6 Å². The van der Waals surface area contributed by atoms with E-state index in [-0.39, 0.29) is 11.4 Å². The van der Waals surface area contributed by atoms with Gasteiger partial charge in [-0.25, -0.2) is 4.79 Å². The summed E-state index contributed by atoms with van der Waals surface area (Å²) in [5.74, 6) is -0.797. The Morgan fingerprint density at radius 2 is 2.04 bits per heavy atom. The van der Waals surface area contributed by atoms with Gasteiger partial charge in [-0.1, -0.05) is 17.7 Å². The minimum atomic E-state index is -0.975. The molecular formula is C18H14Cl2N2O2. The molecule has 0 spiro atoms. The zero-order chi connectivity index (χ0) is 17.3. The summed E-state index contributed by atoms with van der Waals surface area (Å²) in [6, 6.07) is 9.30. The molecule has 0 aliphatic heterocycles.